The second-order valence-electron chi connectivity index (χ2n) is 14.4. The average molecular weight is 469 g/mol. The molecular formula is C34H60. The molecule has 0 aromatic heterocycles. The van der Waals surface area contributed by atoms with Gasteiger partial charge in [-0.25, -0.2) is 0 Å². The molecule has 0 N–H and O–H groups in total. The smallest absolute Gasteiger partial charge is 0.0225 e. The lowest BCUT2D eigenvalue weighted by molar-refractivity contribution is 0.00249. The number of hydrogen-bond donors (Lipinski definition) is 0. The third-order valence-corrected chi connectivity index (χ3v) is 11.2. The van der Waals surface area contributed by atoms with E-state index in [1.165, 1.54) is 37.7 Å². The zero-order valence-corrected chi connectivity index (χ0v) is 24.5. The predicted octanol–water partition coefficient (Wildman–Crippen LogP) is 10.5. The highest BCUT2D eigenvalue weighted by atomic mass is 14.7. The van der Waals surface area contributed by atoms with Crippen molar-refractivity contribution >= 4 is 0 Å². The second-order valence-corrected chi connectivity index (χ2v) is 14.4. The van der Waals surface area contributed by atoms with Crippen LogP contribution < -0.4 is 0 Å². The summed E-state index contributed by atoms with van der Waals surface area (Å²) in [6.45, 7) is 26.1. The molecule has 0 bridgehead atoms. The van der Waals surface area contributed by atoms with Crippen LogP contribution in [0.5, 0.6) is 0 Å². The molecule has 10 unspecified atom stereocenters. The normalized spacial score (nSPS) is 34.0. The first-order chi connectivity index (χ1) is 16.0. The van der Waals surface area contributed by atoms with Crippen LogP contribution in [0.25, 0.3) is 0 Å². The Morgan fingerprint density at radius 1 is 0.824 bits per heavy atom. The van der Waals surface area contributed by atoms with Crippen molar-refractivity contribution in [1.29, 1.82) is 0 Å². The lowest BCUT2D eigenvalue weighted by atomic mass is 9.56. The average Bonchev–Trinajstić information content (AvgIpc) is 3.47. The Morgan fingerprint density at radius 3 is 2.12 bits per heavy atom. The topological polar surface area (TPSA) is 0 Å². The van der Waals surface area contributed by atoms with Gasteiger partial charge in [-0.2, -0.15) is 0 Å². The molecule has 0 nitrogen and oxygen atoms in total. The molecule has 0 spiro atoms. The van der Waals surface area contributed by atoms with Crippen molar-refractivity contribution < 1.29 is 0 Å². The highest BCUT2D eigenvalue weighted by Crippen LogP contribution is 2.67. The van der Waals surface area contributed by atoms with Gasteiger partial charge < -0.3 is 0 Å². The molecule has 0 aliphatic heterocycles. The molecule has 0 aromatic rings. The molecule has 10 atom stereocenters. The van der Waals surface area contributed by atoms with Gasteiger partial charge in [0.2, 0.25) is 0 Å². The summed E-state index contributed by atoms with van der Waals surface area (Å²) >= 11 is 0. The molecule has 34 heavy (non-hydrogen) atoms. The molecule has 3 fully saturated rings. The summed E-state index contributed by atoms with van der Waals surface area (Å²) in [7, 11) is 0. The van der Waals surface area contributed by atoms with Crippen molar-refractivity contribution in [3.63, 3.8) is 0 Å². The van der Waals surface area contributed by atoms with Crippen LogP contribution in [0.2, 0.25) is 0 Å². The van der Waals surface area contributed by atoms with Gasteiger partial charge >= 0.3 is 0 Å². The molecule has 0 heteroatoms. The van der Waals surface area contributed by atoms with Crippen molar-refractivity contribution in [2.75, 3.05) is 0 Å². The van der Waals surface area contributed by atoms with Crippen LogP contribution in [0.3, 0.4) is 0 Å². The van der Waals surface area contributed by atoms with E-state index in [0.717, 1.165) is 71.0 Å². The Balaban J connectivity index is 1.49. The van der Waals surface area contributed by atoms with Crippen molar-refractivity contribution in [2.24, 2.45) is 76.9 Å². The van der Waals surface area contributed by atoms with E-state index in [1.54, 1.807) is 19.3 Å². The Morgan fingerprint density at radius 2 is 1.50 bits per heavy atom. The van der Waals surface area contributed by atoms with Gasteiger partial charge in [-0.15, -0.1) is 0 Å². The van der Waals surface area contributed by atoms with Crippen molar-refractivity contribution in [1.82, 2.24) is 0 Å². The van der Waals surface area contributed by atoms with E-state index < -0.39 is 0 Å². The lowest BCUT2D eigenvalue weighted by Gasteiger charge is -2.49. The molecular weight excluding hydrogens is 408 g/mol. The minimum atomic E-state index is 0.563. The van der Waals surface area contributed by atoms with Crippen molar-refractivity contribution in [3.05, 3.63) is 24.3 Å². The van der Waals surface area contributed by atoms with Crippen LogP contribution in [0.15, 0.2) is 24.3 Å². The third-order valence-electron chi connectivity index (χ3n) is 11.2. The van der Waals surface area contributed by atoms with Crippen LogP contribution in [-0.2, 0) is 0 Å². The fraction of sp³-hybridized carbons (Fsp3) is 0.882. The summed E-state index contributed by atoms with van der Waals surface area (Å²) in [5, 5.41) is 0. The fourth-order valence-corrected chi connectivity index (χ4v) is 7.99. The van der Waals surface area contributed by atoms with E-state index in [1.807, 2.05) is 0 Å². The first-order valence-corrected chi connectivity index (χ1v) is 15.4. The van der Waals surface area contributed by atoms with Crippen molar-refractivity contribution in [2.45, 2.75) is 114 Å². The van der Waals surface area contributed by atoms with Crippen LogP contribution in [0.4, 0.5) is 0 Å². The second kappa shape index (κ2) is 12.1. The van der Waals surface area contributed by atoms with Gasteiger partial charge in [-0.1, -0.05) is 93.0 Å². The highest BCUT2D eigenvalue weighted by molar-refractivity contribution is 5.16. The molecule has 3 saturated carbocycles. The molecule has 0 saturated heterocycles. The van der Waals surface area contributed by atoms with Gasteiger partial charge in [0.05, 0.1) is 0 Å². The zero-order valence-electron chi connectivity index (χ0n) is 24.5. The number of hydrogen-bond acceptors (Lipinski definition) is 0. The van der Waals surface area contributed by atoms with Gasteiger partial charge in [0.15, 0.2) is 0 Å². The predicted molar refractivity (Wildman–Crippen MR) is 152 cm³/mol. The van der Waals surface area contributed by atoms with E-state index >= 15 is 0 Å². The van der Waals surface area contributed by atoms with E-state index in [9.17, 15) is 0 Å². The van der Waals surface area contributed by atoms with E-state index in [4.69, 9.17) is 0 Å². The van der Waals surface area contributed by atoms with E-state index in [-0.39, 0.29) is 0 Å². The monoisotopic (exact) mass is 468 g/mol. The summed E-state index contributed by atoms with van der Waals surface area (Å²) in [6, 6.07) is 0. The van der Waals surface area contributed by atoms with Gasteiger partial charge in [-0.05, 0) is 122 Å². The first kappa shape index (κ1) is 28.1. The maximum Gasteiger partial charge on any atom is -0.0225 e. The van der Waals surface area contributed by atoms with Crippen molar-refractivity contribution in [3.8, 4) is 0 Å². The summed E-state index contributed by atoms with van der Waals surface area (Å²) in [6.07, 6.45) is 16.3. The van der Waals surface area contributed by atoms with E-state index in [0.29, 0.717) is 5.92 Å². The summed E-state index contributed by atoms with van der Waals surface area (Å²) in [4.78, 5) is 0. The maximum absolute atomic E-state index is 4.22. The van der Waals surface area contributed by atoms with Gasteiger partial charge in [-0.3, -0.25) is 0 Å². The van der Waals surface area contributed by atoms with Gasteiger partial charge in [0.25, 0.3) is 0 Å². The SMILES string of the molecule is C=C(C=CCCC(CCC(C)C)C(C)C(C)CC1CC2CC3C(CC12)C3C(C)C(C)C)C(C)C. The minimum absolute atomic E-state index is 0.563. The van der Waals surface area contributed by atoms with Gasteiger partial charge in [0.1, 0.15) is 0 Å². The number of rotatable bonds is 14. The Kier molecular flexibility index (Phi) is 10.0. The summed E-state index contributed by atoms with van der Waals surface area (Å²) in [5.74, 6) is 12.3. The highest BCUT2D eigenvalue weighted by Gasteiger charge is 2.60. The zero-order chi connectivity index (χ0) is 25.2. The molecule has 196 valence electrons. The standard InChI is InChI=1S/C34H60/c1-21(2)15-16-28(14-12-11-13-24(7)22(3)4)27(10)25(8)17-29-18-30-19-32-33(20-31(29)30)34(32)26(9)23(5)6/h11,13,21-23,25-34H,7,12,14-20H2,1-6,8-10H3. The number of fused-ring (bicyclic) bond motifs is 2. The van der Waals surface area contributed by atoms with Crippen LogP contribution in [0.1, 0.15) is 114 Å². The Labute approximate surface area is 214 Å². The lowest BCUT2D eigenvalue weighted by Crippen LogP contribution is -2.41. The minimum Gasteiger partial charge on any atom is -0.0956 e. The van der Waals surface area contributed by atoms with Crippen LogP contribution >= 0.6 is 0 Å². The molecule has 3 aliphatic carbocycles. The third kappa shape index (κ3) is 6.82. The largest absolute Gasteiger partial charge is 0.0956 e. The van der Waals surface area contributed by atoms with Crippen LogP contribution in [-0.4, -0.2) is 0 Å². The maximum atomic E-state index is 4.22. The molecule has 0 amide bonds. The van der Waals surface area contributed by atoms with Gasteiger partial charge in [0, 0.05) is 0 Å². The molecule has 3 rings (SSSR count). The van der Waals surface area contributed by atoms with Crippen LogP contribution in [0, 0.1) is 76.9 Å². The number of allylic oxidation sites excluding steroid dienone is 3. The molecule has 0 heterocycles. The Hall–Kier alpha value is -0.520. The summed E-state index contributed by atoms with van der Waals surface area (Å²) in [5.41, 5.74) is 1.27. The Bertz CT molecular complexity index is 666. The summed E-state index contributed by atoms with van der Waals surface area (Å²) < 4.78 is 0. The fourth-order valence-electron chi connectivity index (χ4n) is 7.99. The molecule has 0 aromatic carbocycles. The van der Waals surface area contributed by atoms with E-state index in [2.05, 4.69) is 81.0 Å². The molecule has 3 aliphatic rings. The quantitative estimate of drug-likeness (QED) is 0.222. The molecule has 0 radical (unpaired) electrons. The first-order valence-electron chi connectivity index (χ1n) is 15.4.